The molecule has 0 atom stereocenters. The molecule has 0 spiro atoms. The zero-order valence-electron chi connectivity index (χ0n) is 9.82. The molecule has 0 aliphatic rings. The van der Waals surface area contributed by atoms with Gasteiger partial charge in [0.2, 0.25) is 0 Å². The van der Waals surface area contributed by atoms with Crippen molar-refractivity contribution < 1.29 is 9.47 Å². The first-order valence-corrected chi connectivity index (χ1v) is 4.72. The fourth-order valence-corrected chi connectivity index (χ4v) is 1.74. The number of hydrogen-bond acceptors (Lipinski definition) is 2. The third-order valence-electron chi connectivity index (χ3n) is 2.98. The lowest BCUT2D eigenvalue weighted by Gasteiger charge is -2.18. The van der Waals surface area contributed by atoms with Crippen molar-refractivity contribution in [3.05, 3.63) is 22.3 Å². The van der Waals surface area contributed by atoms with Crippen LogP contribution in [0.2, 0.25) is 0 Å². The summed E-state index contributed by atoms with van der Waals surface area (Å²) in [5, 5.41) is 0. The van der Waals surface area contributed by atoms with Crippen LogP contribution in [-0.4, -0.2) is 14.2 Å². The Hall–Kier alpha value is -1.18. The first-order chi connectivity index (χ1) is 6.54. The molecule has 0 heterocycles. The Bertz CT molecular complexity index is 319. The average Bonchev–Trinajstić information content (AvgIpc) is 2.20. The van der Waals surface area contributed by atoms with Gasteiger partial charge in [-0.25, -0.2) is 0 Å². The fraction of sp³-hybridized carbons (Fsp3) is 0.500. The van der Waals surface area contributed by atoms with Crippen LogP contribution in [0.5, 0.6) is 11.5 Å². The highest BCUT2D eigenvalue weighted by atomic mass is 16.5. The summed E-state index contributed by atoms with van der Waals surface area (Å²) in [5.41, 5.74) is 4.88. The van der Waals surface area contributed by atoms with Crippen LogP contribution in [0, 0.1) is 27.7 Å². The van der Waals surface area contributed by atoms with Crippen molar-refractivity contribution in [3.8, 4) is 11.5 Å². The summed E-state index contributed by atoms with van der Waals surface area (Å²) >= 11 is 0. The summed E-state index contributed by atoms with van der Waals surface area (Å²) in [4.78, 5) is 0. The van der Waals surface area contributed by atoms with E-state index in [1.807, 2.05) is 0 Å². The minimum absolute atomic E-state index is 0.855. The zero-order chi connectivity index (χ0) is 10.9. The van der Waals surface area contributed by atoms with Gasteiger partial charge in [0.1, 0.15) is 0 Å². The molecule has 0 aromatic heterocycles. The van der Waals surface area contributed by atoms with Gasteiger partial charge in [0.25, 0.3) is 0 Å². The van der Waals surface area contributed by atoms with E-state index in [0.29, 0.717) is 0 Å². The van der Waals surface area contributed by atoms with E-state index in [1.165, 1.54) is 11.1 Å². The quantitative estimate of drug-likeness (QED) is 0.720. The molecule has 1 rings (SSSR count). The van der Waals surface area contributed by atoms with Crippen LogP contribution in [0.1, 0.15) is 22.3 Å². The smallest absolute Gasteiger partial charge is 0.164 e. The van der Waals surface area contributed by atoms with E-state index in [-0.39, 0.29) is 0 Å². The summed E-state index contributed by atoms with van der Waals surface area (Å²) in [6, 6.07) is 0. The van der Waals surface area contributed by atoms with Crippen LogP contribution in [0.15, 0.2) is 0 Å². The van der Waals surface area contributed by atoms with Gasteiger partial charge in [-0.15, -0.1) is 0 Å². The van der Waals surface area contributed by atoms with E-state index < -0.39 is 0 Å². The molecule has 78 valence electrons. The molecule has 0 fully saturated rings. The van der Waals surface area contributed by atoms with E-state index in [0.717, 1.165) is 22.6 Å². The first-order valence-electron chi connectivity index (χ1n) is 4.72. The summed E-state index contributed by atoms with van der Waals surface area (Å²) in [6.45, 7) is 8.34. The molecule has 14 heavy (non-hydrogen) atoms. The van der Waals surface area contributed by atoms with Crippen LogP contribution in [0.25, 0.3) is 0 Å². The van der Waals surface area contributed by atoms with Crippen LogP contribution in [0.4, 0.5) is 0 Å². The molecule has 0 unspecified atom stereocenters. The predicted octanol–water partition coefficient (Wildman–Crippen LogP) is 2.94. The second-order valence-corrected chi connectivity index (χ2v) is 3.57. The lowest BCUT2D eigenvalue weighted by atomic mass is 9.97. The summed E-state index contributed by atoms with van der Waals surface area (Å²) in [5.74, 6) is 1.71. The summed E-state index contributed by atoms with van der Waals surface area (Å²) in [7, 11) is 3.36. The number of ether oxygens (including phenoxy) is 2. The van der Waals surface area contributed by atoms with E-state index in [4.69, 9.17) is 9.47 Å². The molecule has 1 aromatic rings. The third-order valence-corrected chi connectivity index (χ3v) is 2.98. The van der Waals surface area contributed by atoms with Gasteiger partial charge < -0.3 is 9.47 Å². The number of hydrogen-bond donors (Lipinski definition) is 0. The van der Waals surface area contributed by atoms with Crippen molar-refractivity contribution >= 4 is 0 Å². The highest BCUT2D eigenvalue weighted by molar-refractivity contribution is 5.58. The van der Waals surface area contributed by atoms with E-state index in [9.17, 15) is 0 Å². The first kappa shape index (κ1) is 10.9. The Labute approximate surface area is 85.8 Å². The minimum Gasteiger partial charge on any atom is -0.493 e. The monoisotopic (exact) mass is 194 g/mol. The van der Waals surface area contributed by atoms with Crippen molar-refractivity contribution in [3.63, 3.8) is 0 Å². The van der Waals surface area contributed by atoms with E-state index in [1.54, 1.807) is 14.2 Å². The second kappa shape index (κ2) is 3.91. The van der Waals surface area contributed by atoms with Crippen molar-refractivity contribution in [1.29, 1.82) is 0 Å². The summed E-state index contributed by atoms with van der Waals surface area (Å²) < 4.78 is 10.7. The third kappa shape index (κ3) is 1.45. The van der Waals surface area contributed by atoms with Gasteiger partial charge in [-0.3, -0.25) is 0 Å². The van der Waals surface area contributed by atoms with Crippen LogP contribution >= 0.6 is 0 Å². The van der Waals surface area contributed by atoms with Crippen molar-refractivity contribution in [2.24, 2.45) is 0 Å². The molecule has 2 heteroatoms. The lowest BCUT2D eigenvalue weighted by Crippen LogP contribution is -2.00. The lowest BCUT2D eigenvalue weighted by molar-refractivity contribution is 0.350. The molecule has 0 saturated carbocycles. The Morgan fingerprint density at radius 1 is 0.571 bits per heavy atom. The largest absolute Gasteiger partial charge is 0.493 e. The molecule has 0 radical (unpaired) electrons. The molecule has 0 aliphatic heterocycles. The Kier molecular flexibility index (Phi) is 3.04. The Morgan fingerprint density at radius 3 is 1.07 bits per heavy atom. The van der Waals surface area contributed by atoms with Gasteiger partial charge in [-0.1, -0.05) is 0 Å². The van der Waals surface area contributed by atoms with Gasteiger partial charge in [-0.2, -0.15) is 0 Å². The van der Waals surface area contributed by atoms with Gasteiger partial charge in [-0.05, 0) is 49.9 Å². The number of methoxy groups -OCH3 is 2. The number of rotatable bonds is 2. The maximum absolute atomic E-state index is 5.36. The minimum atomic E-state index is 0.855. The molecule has 0 N–H and O–H groups in total. The topological polar surface area (TPSA) is 18.5 Å². The van der Waals surface area contributed by atoms with Gasteiger partial charge in [0.05, 0.1) is 14.2 Å². The van der Waals surface area contributed by atoms with Crippen molar-refractivity contribution in [2.75, 3.05) is 14.2 Å². The molecule has 2 nitrogen and oxygen atoms in total. The fourth-order valence-electron chi connectivity index (χ4n) is 1.74. The molecule has 0 aliphatic carbocycles. The zero-order valence-corrected chi connectivity index (χ0v) is 9.82. The summed E-state index contributed by atoms with van der Waals surface area (Å²) in [6.07, 6.45) is 0. The van der Waals surface area contributed by atoms with E-state index >= 15 is 0 Å². The molecule has 0 saturated heterocycles. The second-order valence-electron chi connectivity index (χ2n) is 3.57. The SMILES string of the molecule is COc1c(C)c(C)c(C)c(C)c1OC. The van der Waals surface area contributed by atoms with Crippen LogP contribution < -0.4 is 9.47 Å². The number of benzene rings is 1. The normalized spacial score (nSPS) is 10.1. The maximum atomic E-state index is 5.36. The molecular weight excluding hydrogens is 176 g/mol. The van der Waals surface area contributed by atoms with Crippen LogP contribution in [0.3, 0.4) is 0 Å². The molecule has 1 aromatic carbocycles. The molecule has 0 amide bonds. The highest BCUT2D eigenvalue weighted by Crippen LogP contribution is 2.38. The highest BCUT2D eigenvalue weighted by Gasteiger charge is 2.15. The van der Waals surface area contributed by atoms with Gasteiger partial charge >= 0.3 is 0 Å². The predicted molar refractivity (Wildman–Crippen MR) is 58.5 cm³/mol. The Morgan fingerprint density at radius 2 is 0.857 bits per heavy atom. The standard InChI is InChI=1S/C12H18O2/c1-7-8(2)10(4)12(14-6)11(13-5)9(7)3/h1-6H3. The molecular formula is C12H18O2. The van der Waals surface area contributed by atoms with Crippen LogP contribution in [-0.2, 0) is 0 Å². The average molecular weight is 194 g/mol. The van der Waals surface area contributed by atoms with E-state index in [2.05, 4.69) is 27.7 Å². The molecule has 0 bridgehead atoms. The maximum Gasteiger partial charge on any atom is 0.164 e. The van der Waals surface area contributed by atoms with Gasteiger partial charge in [0, 0.05) is 0 Å². The van der Waals surface area contributed by atoms with Crippen molar-refractivity contribution in [2.45, 2.75) is 27.7 Å². The van der Waals surface area contributed by atoms with Crippen molar-refractivity contribution in [1.82, 2.24) is 0 Å². The Balaban J connectivity index is 3.57. The van der Waals surface area contributed by atoms with Gasteiger partial charge in [0.15, 0.2) is 11.5 Å².